The molecule has 0 aliphatic rings. The summed E-state index contributed by atoms with van der Waals surface area (Å²) < 4.78 is 0.791. The number of aryl methyl sites for hydroxylation is 1. The van der Waals surface area contributed by atoms with Crippen molar-refractivity contribution in [3.8, 4) is 0 Å². The van der Waals surface area contributed by atoms with Gasteiger partial charge in [0.2, 0.25) is 0 Å². The van der Waals surface area contributed by atoms with Gasteiger partial charge in [0.15, 0.2) is 0 Å². The van der Waals surface area contributed by atoms with Gasteiger partial charge < -0.3 is 5.21 Å². The molecule has 1 rings (SSSR count). The fourth-order valence-corrected chi connectivity index (χ4v) is 0.853. The van der Waals surface area contributed by atoms with E-state index in [-0.39, 0.29) is 0 Å². The van der Waals surface area contributed by atoms with Crippen LogP contribution in [0.4, 0.5) is 0 Å². The molecule has 0 saturated carbocycles. The number of rotatable bonds is 1. The third-order valence-electron chi connectivity index (χ3n) is 1.58. The molecule has 0 aliphatic heterocycles. The lowest BCUT2D eigenvalue weighted by molar-refractivity contribution is -0.616. The first kappa shape index (κ1) is 6.99. The first-order chi connectivity index (χ1) is 4.75. The zero-order valence-corrected chi connectivity index (χ0v) is 6.16. The Morgan fingerprint density at radius 1 is 1.70 bits per heavy atom. The average Bonchev–Trinajstić information content (AvgIpc) is 1.95. The molecule has 0 aliphatic carbocycles. The van der Waals surface area contributed by atoms with Crippen LogP contribution in [-0.2, 0) is 6.42 Å². The van der Waals surface area contributed by atoms with Crippen LogP contribution in [0.15, 0.2) is 12.5 Å². The fraction of sp³-hybridized carbons (Fsp3) is 0.429. The zero-order valence-electron chi connectivity index (χ0n) is 6.16. The SMILES string of the molecule is CCc1cnc[n+]([O-])c1C. The molecule has 3 heteroatoms. The summed E-state index contributed by atoms with van der Waals surface area (Å²) in [7, 11) is 0. The van der Waals surface area contributed by atoms with E-state index >= 15 is 0 Å². The van der Waals surface area contributed by atoms with E-state index in [4.69, 9.17) is 0 Å². The van der Waals surface area contributed by atoms with E-state index in [0.717, 1.165) is 22.4 Å². The number of nitrogens with zero attached hydrogens (tertiary/aromatic N) is 2. The Hall–Kier alpha value is -1.12. The standard InChI is InChI=1S/C7H10N2O/c1-3-7-4-8-5-9(10)6(7)2/h4-5H,3H2,1-2H3. The van der Waals surface area contributed by atoms with Gasteiger partial charge >= 0.3 is 0 Å². The molecular weight excluding hydrogens is 128 g/mol. The van der Waals surface area contributed by atoms with Gasteiger partial charge in [-0.05, 0) is 13.3 Å². The van der Waals surface area contributed by atoms with Crippen LogP contribution in [-0.4, -0.2) is 4.98 Å². The molecule has 1 aromatic heterocycles. The Morgan fingerprint density at radius 2 is 2.40 bits per heavy atom. The van der Waals surface area contributed by atoms with Crippen LogP contribution in [0.25, 0.3) is 0 Å². The lowest BCUT2D eigenvalue weighted by Crippen LogP contribution is -2.31. The van der Waals surface area contributed by atoms with Gasteiger partial charge in [-0.2, -0.15) is 0 Å². The molecule has 3 nitrogen and oxygen atoms in total. The molecule has 0 radical (unpaired) electrons. The summed E-state index contributed by atoms with van der Waals surface area (Å²) >= 11 is 0. The Bertz CT molecular complexity index is 235. The van der Waals surface area contributed by atoms with Crippen molar-refractivity contribution in [2.24, 2.45) is 0 Å². The Morgan fingerprint density at radius 3 is 2.90 bits per heavy atom. The molecule has 0 atom stereocenters. The molecule has 0 aromatic carbocycles. The predicted octanol–water partition coefficient (Wildman–Crippen LogP) is 0.586. The van der Waals surface area contributed by atoms with Crippen molar-refractivity contribution >= 4 is 0 Å². The van der Waals surface area contributed by atoms with Crippen LogP contribution in [0.1, 0.15) is 18.2 Å². The summed E-state index contributed by atoms with van der Waals surface area (Å²) in [6, 6.07) is 0. The predicted molar refractivity (Wildman–Crippen MR) is 37.3 cm³/mol. The topological polar surface area (TPSA) is 39.8 Å². The Labute approximate surface area is 59.9 Å². The van der Waals surface area contributed by atoms with E-state index < -0.39 is 0 Å². The number of hydrogen-bond acceptors (Lipinski definition) is 2. The van der Waals surface area contributed by atoms with E-state index in [2.05, 4.69) is 4.98 Å². The summed E-state index contributed by atoms with van der Waals surface area (Å²) in [5.41, 5.74) is 1.76. The molecule has 54 valence electrons. The number of aromatic nitrogens is 2. The molecular formula is C7H10N2O. The first-order valence-electron chi connectivity index (χ1n) is 3.28. The smallest absolute Gasteiger partial charge is 0.289 e. The van der Waals surface area contributed by atoms with Gasteiger partial charge in [-0.3, -0.25) is 0 Å². The molecule has 0 N–H and O–H groups in total. The highest BCUT2D eigenvalue weighted by atomic mass is 16.5. The molecule has 0 bridgehead atoms. The quantitative estimate of drug-likeness (QED) is 0.421. The maximum atomic E-state index is 10.9. The van der Waals surface area contributed by atoms with Gasteiger partial charge in [0.05, 0.1) is 0 Å². The highest BCUT2D eigenvalue weighted by Gasteiger charge is 2.01. The van der Waals surface area contributed by atoms with Crippen LogP contribution in [0.5, 0.6) is 0 Å². The van der Waals surface area contributed by atoms with E-state index in [1.165, 1.54) is 6.33 Å². The normalized spacial score (nSPS) is 9.80. The Balaban J connectivity index is 3.14. The van der Waals surface area contributed by atoms with E-state index in [1.807, 2.05) is 6.92 Å². The first-order valence-corrected chi connectivity index (χ1v) is 3.28. The minimum absolute atomic E-state index is 0.748. The number of hydrogen-bond donors (Lipinski definition) is 0. The van der Waals surface area contributed by atoms with Crippen molar-refractivity contribution < 1.29 is 4.73 Å². The third-order valence-corrected chi connectivity index (χ3v) is 1.58. The molecule has 0 spiro atoms. The summed E-state index contributed by atoms with van der Waals surface area (Å²) in [4.78, 5) is 3.77. The molecule has 0 fully saturated rings. The summed E-state index contributed by atoms with van der Waals surface area (Å²) in [6.45, 7) is 3.80. The van der Waals surface area contributed by atoms with Crippen molar-refractivity contribution in [3.05, 3.63) is 29.0 Å². The molecule has 0 amide bonds. The van der Waals surface area contributed by atoms with Crippen LogP contribution >= 0.6 is 0 Å². The molecule has 1 heterocycles. The Kier molecular flexibility index (Phi) is 1.85. The van der Waals surface area contributed by atoms with Crippen molar-refractivity contribution in [2.45, 2.75) is 20.3 Å². The lowest BCUT2D eigenvalue weighted by Gasteiger charge is -2.05. The van der Waals surface area contributed by atoms with Gasteiger partial charge in [-0.15, -0.1) is 0 Å². The van der Waals surface area contributed by atoms with E-state index in [0.29, 0.717) is 0 Å². The maximum Gasteiger partial charge on any atom is 0.289 e. The minimum atomic E-state index is 0.748. The minimum Gasteiger partial charge on any atom is -0.711 e. The van der Waals surface area contributed by atoms with Gasteiger partial charge in [0.1, 0.15) is 11.9 Å². The summed E-state index contributed by atoms with van der Waals surface area (Å²) in [5, 5.41) is 10.9. The van der Waals surface area contributed by atoms with Crippen molar-refractivity contribution in [3.63, 3.8) is 0 Å². The second-order valence-corrected chi connectivity index (χ2v) is 2.18. The van der Waals surface area contributed by atoms with Gasteiger partial charge in [-0.25, -0.2) is 4.73 Å². The average molecular weight is 138 g/mol. The zero-order chi connectivity index (χ0) is 7.56. The lowest BCUT2D eigenvalue weighted by atomic mass is 10.2. The van der Waals surface area contributed by atoms with E-state index in [9.17, 15) is 5.21 Å². The highest BCUT2D eigenvalue weighted by Crippen LogP contribution is 1.99. The second-order valence-electron chi connectivity index (χ2n) is 2.18. The van der Waals surface area contributed by atoms with Gasteiger partial charge in [-0.1, -0.05) is 11.9 Å². The molecule has 0 saturated heterocycles. The monoisotopic (exact) mass is 138 g/mol. The molecule has 10 heavy (non-hydrogen) atoms. The van der Waals surface area contributed by atoms with Crippen molar-refractivity contribution in [1.29, 1.82) is 0 Å². The van der Waals surface area contributed by atoms with Crippen LogP contribution in [0.2, 0.25) is 0 Å². The third kappa shape index (κ3) is 1.07. The van der Waals surface area contributed by atoms with Crippen LogP contribution < -0.4 is 4.73 Å². The molecule has 0 unspecified atom stereocenters. The van der Waals surface area contributed by atoms with Gasteiger partial charge in [0, 0.05) is 5.56 Å². The van der Waals surface area contributed by atoms with E-state index in [1.54, 1.807) is 13.1 Å². The van der Waals surface area contributed by atoms with Gasteiger partial charge in [0.25, 0.3) is 6.33 Å². The maximum absolute atomic E-state index is 10.9. The second kappa shape index (κ2) is 2.64. The molecule has 1 aromatic rings. The summed E-state index contributed by atoms with van der Waals surface area (Å²) in [6.07, 6.45) is 3.86. The largest absolute Gasteiger partial charge is 0.711 e. The summed E-state index contributed by atoms with van der Waals surface area (Å²) in [5.74, 6) is 0. The van der Waals surface area contributed by atoms with Crippen LogP contribution in [0.3, 0.4) is 0 Å². The van der Waals surface area contributed by atoms with Crippen molar-refractivity contribution in [2.75, 3.05) is 0 Å². The van der Waals surface area contributed by atoms with Crippen molar-refractivity contribution in [1.82, 2.24) is 4.98 Å². The van der Waals surface area contributed by atoms with Crippen LogP contribution in [0, 0.1) is 12.1 Å². The highest BCUT2D eigenvalue weighted by molar-refractivity contribution is 5.09. The fourth-order valence-electron chi connectivity index (χ4n) is 0.853.